The van der Waals surface area contributed by atoms with Crippen LogP contribution in [0.3, 0.4) is 0 Å². The Balaban J connectivity index is 0.00000312. The van der Waals surface area contributed by atoms with Crippen LogP contribution in [-0.2, 0) is 6.54 Å². The summed E-state index contributed by atoms with van der Waals surface area (Å²) in [6.07, 6.45) is 10.7. The summed E-state index contributed by atoms with van der Waals surface area (Å²) < 4.78 is 1.86. The van der Waals surface area contributed by atoms with Crippen LogP contribution in [0.4, 0.5) is 0 Å². The molecule has 3 N–H and O–H groups in total. The molecule has 0 saturated carbocycles. The van der Waals surface area contributed by atoms with Crippen LogP contribution in [-0.4, -0.2) is 26.5 Å². The number of rotatable bonds is 8. The van der Waals surface area contributed by atoms with E-state index in [-0.39, 0.29) is 24.0 Å². The minimum absolute atomic E-state index is 0. The van der Waals surface area contributed by atoms with E-state index >= 15 is 0 Å². The smallest absolute Gasteiger partial charge is 0.189 e. The van der Waals surface area contributed by atoms with Gasteiger partial charge in [-0.1, -0.05) is 32.8 Å². The maximum Gasteiger partial charge on any atom is 0.189 e. The molecule has 0 aromatic carbocycles. The lowest BCUT2D eigenvalue weighted by Gasteiger charge is -2.15. The lowest BCUT2D eigenvalue weighted by molar-refractivity contribution is 0.493. The minimum Gasteiger partial charge on any atom is -0.370 e. The second kappa shape index (κ2) is 11.1. The van der Waals surface area contributed by atoms with Gasteiger partial charge in [-0.05, 0) is 30.9 Å². The number of imidazole rings is 1. The Bertz CT molecular complexity index is 622. The van der Waals surface area contributed by atoms with E-state index in [2.05, 4.69) is 41.0 Å². The van der Waals surface area contributed by atoms with E-state index in [9.17, 15) is 0 Å². The van der Waals surface area contributed by atoms with Crippen LogP contribution in [0, 0.1) is 5.92 Å². The van der Waals surface area contributed by atoms with Crippen LogP contribution >= 0.6 is 24.0 Å². The summed E-state index contributed by atoms with van der Waals surface area (Å²) in [5, 5.41) is 3.25. The fourth-order valence-electron chi connectivity index (χ4n) is 2.44. The van der Waals surface area contributed by atoms with E-state index in [1.54, 1.807) is 12.5 Å². The highest BCUT2D eigenvalue weighted by Crippen LogP contribution is 2.08. The summed E-state index contributed by atoms with van der Waals surface area (Å²) in [6, 6.07) is 4.30. The molecule has 2 aromatic rings. The standard InChI is InChI=1S/C18H28N6.HI/c1-14(2)5-4-6-15(3)23-18(19)22-12-16-7-8-17(21-11-16)24-10-9-20-13-24;/h7-11,13-15H,4-6,12H2,1-3H3,(H3,19,22,23);1H. The molecule has 0 aliphatic rings. The lowest BCUT2D eigenvalue weighted by Crippen LogP contribution is -2.38. The van der Waals surface area contributed by atoms with Gasteiger partial charge in [0.1, 0.15) is 12.1 Å². The van der Waals surface area contributed by atoms with Gasteiger partial charge in [-0.25, -0.2) is 15.0 Å². The Labute approximate surface area is 167 Å². The van der Waals surface area contributed by atoms with E-state index < -0.39 is 0 Å². The van der Waals surface area contributed by atoms with Crippen molar-refractivity contribution in [2.45, 2.75) is 52.6 Å². The zero-order valence-electron chi connectivity index (χ0n) is 15.2. The number of hydrogen-bond donors (Lipinski definition) is 2. The SMILES string of the molecule is CC(C)CCCC(C)NC(N)=NCc1ccc(-n2ccnc2)nc1.I. The molecule has 0 saturated heterocycles. The molecule has 2 aromatic heterocycles. The molecule has 0 amide bonds. The monoisotopic (exact) mass is 456 g/mol. The van der Waals surface area contributed by atoms with Gasteiger partial charge in [0.15, 0.2) is 5.96 Å². The number of hydrogen-bond acceptors (Lipinski definition) is 3. The topological polar surface area (TPSA) is 81.1 Å². The first-order chi connectivity index (χ1) is 11.5. The molecule has 0 radical (unpaired) electrons. The Kier molecular flexibility index (Phi) is 9.48. The average molecular weight is 456 g/mol. The van der Waals surface area contributed by atoms with Crippen molar-refractivity contribution >= 4 is 29.9 Å². The number of halogens is 1. The third-order valence-corrected chi connectivity index (χ3v) is 3.82. The Hall–Kier alpha value is -1.64. The first-order valence-electron chi connectivity index (χ1n) is 8.54. The highest BCUT2D eigenvalue weighted by atomic mass is 127. The van der Waals surface area contributed by atoms with Crippen molar-refractivity contribution in [2.75, 3.05) is 0 Å². The highest BCUT2D eigenvalue weighted by Gasteiger charge is 2.04. The number of aromatic nitrogens is 3. The summed E-state index contributed by atoms with van der Waals surface area (Å²) in [6.45, 7) is 7.17. The summed E-state index contributed by atoms with van der Waals surface area (Å²) >= 11 is 0. The fourth-order valence-corrected chi connectivity index (χ4v) is 2.44. The number of nitrogens with zero attached hydrogens (tertiary/aromatic N) is 4. The molecule has 25 heavy (non-hydrogen) atoms. The van der Waals surface area contributed by atoms with Crippen molar-refractivity contribution in [3.05, 3.63) is 42.6 Å². The molecular formula is C18H29IN6. The van der Waals surface area contributed by atoms with Gasteiger partial charge >= 0.3 is 0 Å². The Morgan fingerprint density at radius 3 is 2.68 bits per heavy atom. The van der Waals surface area contributed by atoms with Gasteiger partial charge in [-0.15, -0.1) is 24.0 Å². The van der Waals surface area contributed by atoms with Crippen molar-refractivity contribution in [1.82, 2.24) is 19.9 Å². The van der Waals surface area contributed by atoms with Gasteiger partial charge in [0, 0.05) is 24.6 Å². The second-order valence-corrected chi connectivity index (χ2v) is 6.57. The van der Waals surface area contributed by atoms with E-state index in [0.717, 1.165) is 23.7 Å². The third kappa shape index (κ3) is 7.85. The Morgan fingerprint density at radius 2 is 2.08 bits per heavy atom. The molecule has 1 unspecified atom stereocenters. The van der Waals surface area contributed by atoms with Gasteiger partial charge in [0.05, 0.1) is 6.54 Å². The quantitative estimate of drug-likeness (QED) is 0.362. The molecule has 0 spiro atoms. The Morgan fingerprint density at radius 1 is 1.28 bits per heavy atom. The predicted molar refractivity (Wildman–Crippen MR) is 113 cm³/mol. The van der Waals surface area contributed by atoms with Crippen LogP contribution in [0.1, 0.15) is 45.6 Å². The number of guanidine groups is 1. The van der Waals surface area contributed by atoms with Gasteiger partial charge in [-0.3, -0.25) is 4.57 Å². The molecule has 6 nitrogen and oxygen atoms in total. The second-order valence-electron chi connectivity index (χ2n) is 6.57. The van der Waals surface area contributed by atoms with Gasteiger partial charge in [0.25, 0.3) is 0 Å². The molecule has 2 rings (SSSR count). The molecule has 0 fully saturated rings. The molecule has 7 heteroatoms. The summed E-state index contributed by atoms with van der Waals surface area (Å²) in [5.74, 6) is 2.08. The summed E-state index contributed by atoms with van der Waals surface area (Å²) in [5.41, 5.74) is 6.99. The molecule has 1 atom stereocenters. The number of pyridine rings is 1. The maximum absolute atomic E-state index is 5.97. The van der Waals surface area contributed by atoms with Crippen LogP contribution in [0.25, 0.3) is 5.82 Å². The zero-order chi connectivity index (χ0) is 17.4. The highest BCUT2D eigenvalue weighted by molar-refractivity contribution is 14.0. The summed E-state index contributed by atoms with van der Waals surface area (Å²) in [7, 11) is 0. The van der Waals surface area contributed by atoms with Gasteiger partial charge in [-0.2, -0.15) is 0 Å². The molecule has 0 aliphatic heterocycles. The molecule has 138 valence electrons. The van der Waals surface area contributed by atoms with E-state index in [1.165, 1.54) is 12.8 Å². The number of nitrogens with one attached hydrogen (secondary N) is 1. The first kappa shape index (κ1) is 21.4. The lowest BCUT2D eigenvalue weighted by atomic mass is 10.0. The van der Waals surface area contributed by atoms with Gasteiger partial charge in [0.2, 0.25) is 0 Å². The maximum atomic E-state index is 5.97. The van der Waals surface area contributed by atoms with E-state index in [1.807, 2.05) is 29.1 Å². The average Bonchev–Trinajstić information content (AvgIpc) is 3.07. The van der Waals surface area contributed by atoms with E-state index in [4.69, 9.17) is 5.73 Å². The largest absolute Gasteiger partial charge is 0.370 e. The fraction of sp³-hybridized carbons (Fsp3) is 0.500. The minimum atomic E-state index is 0. The van der Waals surface area contributed by atoms with Crippen molar-refractivity contribution in [2.24, 2.45) is 16.6 Å². The third-order valence-electron chi connectivity index (χ3n) is 3.82. The van der Waals surface area contributed by atoms with Crippen molar-refractivity contribution in [1.29, 1.82) is 0 Å². The zero-order valence-corrected chi connectivity index (χ0v) is 17.6. The van der Waals surface area contributed by atoms with Crippen LogP contribution in [0.15, 0.2) is 42.0 Å². The van der Waals surface area contributed by atoms with Crippen molar-refractivity contribution < 1.29 is 0 Å². The van der Waals surface area contributed by atoms with Gasteiger partial charge < -0.3 is 11.1 Å². The normalized spacial score (nSPS) is 12.7. The van der Waals surface area contributed by atoms with Crippen molar-refractivity contribution in [3.63, 3.8) is 0 Å². The van der Waals surface area contributed by atoms with Crippen molar-refractivity contribution in [3.8, 4) is 5.82 Å². The first-order valence-corrected chi connectivity index (χ1v) is 8.54. The van der Waals surface area contributed by atoms with E-state index in [0.29, 0.717) is 18.5 Å². The van der Waals surface area contributed by atoms with Crippen LogP contribution in [0.5, 0.6) is 0 Å². The summed E-state index contributed by atoms with van der Waals surface area (Å²) in [4.78, 5) is 12.8. The molecule has 0 bridgehead atoms. The number of aliphatic imine (C=N–C) groups is 1. The molecule has 2 heterocycles. The van der Waals surface area contributed by atoms with Crippen LogP contribution < -0.4 is 11.1 Å². The van der Waals surface area contributed by atoms with Crippen LogP contribution in [0.2, 0.25) is 0 Å². The number of nitrogens with two attached hydrogens (primary N) is 1. The predicted octanol–water partition coefficient (Wildman–Crippen LogP) is 3.50. The molecular weight excluding hydrogens is 427 g/mol. The molecule has 0 aliphatic carbocycles.